The molecule has 1 atom stereocenters. The number of nitrogens with one attached hydrogen (secondary N) is 1. The molecule has 0 aromatic heterocycles. The van der Waals surface area contributed by atoms with Crippen molar-refractivity contribution in [1.82, 2.24) is 10.2 Å². The predicted molar refractivity (Wildman–Crippen MR) is 142 cm³/mol. The van der Waals surface area contributed by atoms with Crippen LogP contribution in [0.25, 0.3) is 0 Å². The highest BCUT2D eigenvalue weighted by atomic mass is 16.5. The van der Waals surface area contributed by atoms with Gasteiger partial charge in [-0.05, 0) is 48.2 Å². The third-order valence-electron chi connectivity index (χ3n) is 5.81. The maximum atomic E-state index is 13.6. The molecule has 0 radical (unpaired) electrons. The van der Waals surface area contributed by atoms with Crippen molar-refractivity contribution < 1.29 is 19.1 Å². The topological polar surface area (TPSA) is 67.9 Å². The van der Waals surface area contributed by atoms with Crippen LogP contribution in [-0.4, -0.2) is 43.0 Å². The first kappa shape index (κ1) is 26.8. The second-order valence-electron chi connectivity index (χ2n) is 9.32. The predicted octanol–water partition coefficient (Wildman–Crippen LogP) is 4.79. The second-order valence-corrected chi connectivity index (χ2v) is 9.32. The number of amides is 2. The Balaban J connectivity index is 1.88. The van der Waals surface area contributed by atoms with Crippen molar-refractivity contribution in [3.8, 4) is 11.5 Å². The van der Waals surface area contributed by atoms with E-state index in [1.165, 1.54) is 0 Å². The molecule has 0 bridgehead atoms. The first-order chi connectivity index (χ1) is 17.4. The van der Waals surface area contributed by atoms with E-state index in [4.69, 9.17) is 9.47 Å². The number of methoxy groups -OCH3 is 1. The lowest BCUT2D eigenvalue weighted by molar-refractivity contribution is -0.142. The summed E-state index contributed by atoms with van der Waals surface area (Å²) < 4.78 is 11.0. The first-order valence-corrected chi connectivity index (χ1v) is 12.3. The van der Waals surface area contributed by atoms with Crippen molar-refractivity contribution in [2.45, 2.75) is 39.8 Å². The van der Waals surface area contributed by atoms with Crippen molar-refractivity contribution in [3.05, 3.63) is 95.6 Å². The Morgan fingerprint density at radius 2 is 1.56 bits per heavy atom. The minimum absolute atomic E-state index is 0.169. The largest absolute Gasteiger partial charge is 0.497 e. The molecule has 0 heterocycles. The van der Waals surface area contributed by atoms with Crippen LogP contribution in [0.1, 0.15) is 30.5 Å². The maximum absolute atomic E-state index is 13.6. The lowest BCUT2D eigenvalue weighted by Crippen LogP contribution is -2.52. The average molecular weight is 489 g/mol. The highest BCUT2D eigenvalue weighted by molar-refractivity contribution is 5.88. The summed E-state index contributed by atoms with van der Waals surface area (Å²) in [6.07, 6.45) is 0.408. The van der Waals surface area contributed by atoms with Gasteiger partial charge in [-0.2, -0.15) is 0 Å². The van der Waals surface area contributed by atoms with Gasteiger partial charge in [-0.3, -0.25) is 9.59 Å². The van der Waals surface area contributed by atoms with E-state index in [0.29, 0.717) is 36.9 Å². The molecule has 1 N–H and O–H groups in total. The molecular weight excluding hydrogens is 452 g/mol. The molecule has 0 aliphatic heterocycles. The van der Waals surface area contributed by atoms with E-state index < -0.39 is 6.04 Å². The second kappa shape index (κ2) is 13.3. The van der Waals surface area contributed by atoms with Crippen LogP contribution in [0.2, 0.25) is 0 Å². The zero-order chi connectivity index (χ0) is 25.9. The molecule has 6 heteroatoms. The fourth-order valence-electron chi connectivity index (χ4n) is 3.88. The number of benzene rings is 3. The van der Waals surface area contributed by atoms with Crippen molar-refractivity contribution in [2.75, 3.05) is 20.3 Å². The smallest absolute Gasteiger partial charge is 0.261 e. The molecule has 190 valence electrons. The Morgan fingerprint density at radius 1 is 0.889 bits per heavy atom. The highest BCUT2D eigenvalue weighted by Gasteiger charge is 2.30. The van der Waals surface area contributed by atoms with Crippen molar-refractivity contribution in [1.29, 1.82) is 0 Å². The van der Waals surface area contributed by atoms with Crippen LogP contribution in [0.15, 0.2) is 78.9 Å². The Bertz CT molecular complexity index is 1110. The zero-order valence-corrected chi connectivity index (χ0v) is 21.6. The van der Waals surface area contributed by atoms with Crippen molar-refractivity contribution in [2.24, 2.45) is 5.92 Å². The van der Waals surface area contributed by atoms with Crippen LogP contribution in [0, 0.1) is 12.8 Å². The Hall–Kier alpha value is -3.80. The van der Waals surface area contributed by atoms with Crippen LogP contribution >= 0.6 is 0 Å². The Labute approximate surface area is 214 Å². The lowest BCUT2D eigenvalue weighted by Gasteiger charge is -2.31. The van der Waals surface area contributed by atoms with Crippen molar-refractivity contribution in [3.63, 3.8) is 0 Å². The highest BCUT2D eigenvalue weighted by Crippen LogP contribution is 2.19. The number of hydrogen-bond donors (Lipinski definition) is 1. The molecule has 3 rings (SSSR count). The Kier molecular flexibility index (Phi) is 9.92. The molecule has 3 aromatic carbocycles. The summed E-state index contributed by atoms with van der Waals surface area (Å²) in [5.41, 5.74) is 3.04. The lowest BCUT2D eigenvalue weighted by atomic mass is 10.0. The molecule has 0 aliphatic carbocycles. The summed E-state index contributed by atoms with van der Waals surface area (Å²) in [5, 5.41) is 3.03. The molecule has 2 amide bonds. The summed E-state index contributed by atoms with van der Waals surface area (Å²) in [5.74, 6) is 1.14. The summed E-state index contributed by atoms with van der Waals surface area (Å²) in [4.78, 5) is 28.7. The molecule has 6 nitrogen and oxygen atoms in total. The Morgan fingerprint density at radius 3 is 2.19 bits per heavy atom. The third kappa shape index (κ3) is 8.15. The van der Waals surface area contributed by atoms with Crippen LogP contribution in [0.3, 0.4) is 0 Å². The van der Waals surface area contributed by atoms with Crippen LogP contribution in [0.4, 0.5) is 0 Å². The molecule has 0 aliphatic rings. The molecule has 0 fully saturated rings. The molecule has 0 saturated heterocycles. The van der Waals surface area contributed by atoms with E-state index in [2.05, 4.69) is 5.32 Å². The molecular formula is C30H36N2O4. The van der Waals surface area contributed by atoms with Crippen LogP contribution in [-0.2, 0) is 22.6 Å². The summed E-state index contributed by atoms with van der Waals surface area (Å²) >= 11 is 0. The number of carbonyl (C=O) groups is 2. The fraction of sp³-hybridized carbons (Fsp3) is 0.333. The minimum Gasteiger partial charge on any atom is -0.497 e. The number of nitrogens with zero attached hydrogens (tertiary/aromatic N) is 1. The molecule has 0 spiro atoms. The molecule has 0 saturated carbocycles. The van der Waals surface area contributed by atoms with Gasteiger partial charge in [-0.25, -0.2) is 0 Å². The quantitative estimate of drug-likeness (QED) is 0.398. The van der Waals surface area contributed by atoms with E-state index >= 15 is 0 Å². The van der Waals surface area contributed by atoms with Crippen LogP contribution in [0.5, 0.6) is 11.5 Å². The van der Waals surface area contributed by atoms with Gasteiger partial charge in [0.15, 0.2) is 6.61 Å². The zero-order valence-electron chi connectivity index (χ0n) is 21.6. The van der Waals surface area contributed by atoms with Gasteiger partial charge in [0.1, 0.15) is 17.5 Å². The van der Waals surface area contributed by atoms with E-state index in [-0.39, 0.29) is 18.4 Å². The van der Waals surface area contributed by atoms with Gasteiger partial charge in [0.2, 0.25) is 5.91 Å². The van der Waals surface area contributed by atoms with Gasteiger partial charge in [0.05, 0.1) is 7.11 Å². The summed E-state index contributed by atoms with van der Waals surface area (Å²) in [6.45, 7) is 6.77. The standard InChI is InChI=1S/C30H36N2O4/c1-22(2)19-31-30(34)28(18-24-10-6-5-7-11-24)32(20-25-12-8-9-23(3)17-25)29(33)21-36-27-15-13-26(35-4)14-16-27/h5-17,22,28H,18-21H2,1-4H3,(H,31,34)/t28-/m0/s1. The van der Waals surface area contributed by atoms with E-state index in [9.17, 15) is 9.59 Å². The first-order valence-electron chi connectivity index (χ1n) is 12.3. The van der Waals surface area contributed by atoms with E-state index in [1.54, 1.807) is 36.3 Å². The van der Waals surface area contributed by atoms with Gasteiger partial charge < -0.3 is 19.7 Å². The van der Waals surface area contributed by atoms with Gasteiger partial charge in [0, 0.05) is 19.5 Å². The van der Waals surface area contributed by atoms with Crippen molar-refractivity contribution >= 4 is 11.8 Å². The average Bonchev–Trinajstić information content (AvgIpc) is 2.88. The molecule has 3 aromatic rings. The summed E-state index contributed by atoms with van der Waals surface area (Å²) in [7, 11) is 1.60. The summed E-state index contributed by atoms with van der Waals surface area (Å²) in [6, 6.07) is 24.2. The number of rotatable bonds is 12. The number of ether oxygens (including phenoxy) is 2. The van der Waals surface area contributed by atoms with Gasteiger partial charge >= 0.3 is 0 Å². The number of hydrogen-bond acceptors (Lipinski definition) is 4. The monoisotopic (exact) mass is 488 g/mol. The molecule has 36 heavy (non-hydrogen) atoms. The normalized spacial score (nSPS) is 11.6. The van der Waals surface area contributed by atoms with Gasteiger partial charge in [0.25, 0.3) is 5.91 Å². The van der Waals surface area contributed by atoms with Crippen LogP contribution < -0.4 is 14.8 Å². The number of aryl methyl sites for hydroxylation is 1. The fourth-order valence-corrected chi connectivity index (χ4v) is 3.88. The minimum atomic E-state index is -0.682. The number of carbonyl (C=O) groups excluding carboxylic acids is 2. The van der Waals surface area contributed by atoms with Gasteiger partial charge in [-0.1, -0.05) is 74.0 Å². The van der Waals surface area contributed by atoms with E-state index in [0.717, 1.165) is 16.7 Å². The van der Waals surface area contributed by atoms with Gasteiger partial charge in [-0.15, -0.1) is 0 Å². The molecule has 0 unspecified atom stereocenters. The maximum Gasteiger partial charge on any atom is 0.261 e. The third-order valence-corrected chi connectivity index (χ3v) is 5.81. The SMILES string of the molecule is COc1ccc(OCC(=O)N(Cc2cccc(C)c2)[C@@H](Cc2ccccc2)C(=O)NCC(C)C)cc1. The van der Waals surface area contributed by atoms with E-state index in [1.807, 2.05) is 75.4 Å².